The summed E-state index contributed by atoms with van der Waals surface area (Å²) in [5, 5.41) is 5.69. The molecule has 2 amide bonds. The number of carbonyl (C=O) groups excluding carboxylic acids is 2. The van der Waals surface area contributed by atoms with Crippen LogP contribution in [0.2, 0.25) is 0 Å². The number of rotatable bonds is 7. The maximum Gasteiger partial charge on any atom is 0.247 e. The Labute approximate surface area is 121 Å². The quantitative estimate of drug-likeness (QED) is 0.804. The van der Waals surface area contributed by atoms with Crippen molar-refractivity contribution in [3.8, 4) is 0 Å². The molecule has 110 valence electrons. The fourth-order valence-electron chi connectivity index (χ4n) is 1.92. The van der Waals surface area contributed by atoms with Crippen molar-refractivity contribution in [3.63, 3.8) is 0 Å². The Morgan fingerprint density at radius 1 is 1.15 bits per heavy atom. The molecule has 0 radical (unpaired) electrons. The van der Waals surface area contributed by atoms with Crippen LogP contribution in [0.4, 0.5) is 5.69 Å². The average molecular weight is 276 g/mol. The lowest BCUT2D eigenvalue weighted by molar-refractivity contribution is -0.127. The van der Waals surface area contributed by atoms with Gasteiger partial charge in [0.1, 0.15) is 6.04 Å². The predicted octanol–water partition coefficient (Wildman–Crippen LogP) is 2.96. The Morgan fingerprint density at radius 3 is 2.35 bits per heavy atom. The molecule has 0 heterocycles. The maximum absolute atomic E-state index is 12.3. The fraction of sp³-hybridized carbons (Fsp3) is 0.500. The van der Waals surface area contributed by atoms with Crippen molar-refractivity contribution in [1.29, 1.82) is 0 Å². The molecule has 20 heavy (non-hydrogen) atoms. The largest absolute Gasteiger partial charge is 0.344 e. The molecule has 0 bridgehead atoms. The van der Waals surface area contributed by atoms with Crippen LogP contribution in [0, 0.1) is 5.92 Å². The first-order valence-corrected chi connectivity index (χ1v) is 7.23. The van der Waals surface area contributed by atoms with Crippen molar-refractivity contribution in [2.75, 3.05) is 5.32 Å². The van der Waals surface area contributed by atoms with Crippen LogP contribution in [-0.4, -0.2) is 17.9 Å². The lowest BCUT2D eigenvalue weighted by atomic mass is 9.98. The molecule has 1 aromatic carbocycles. The minimum absolute atomic E-state index is 0.0685. The van der Waals surface area contributed by atoms with Crippen molar-refractivity contribution in [2.24, 2.45) is 5.92 Å². The molecule has 2 N–H and O–H groups in total. The van der Waals surface area contributed by atoms with E-state index in [1.165, 1.54) is 0 Å². The van der Waals surface area contributed by atoms with Gasteiger partial charge in [-0.05, 0) is 24.5 Å². The molecule has 4 heteroatoms. The Kier molecular flexibility index (Phi) is 6.77. The third kappa shape index (κ3) is 5.03. The van der Waals surface area contributed by atoms with Gasteiger partial charge in [-0.3, -0.25) is 9.59 Å². The molecule has 0 fully saturated rings. The molecule has 1 aromatic rings. The molecule has 0 aliphatic heterocycles. The van der Waals surface area contributed by atoms with Crippen LogP contribution < -0.4 is 10.6 Å². The molecule has 0 saturated carbocycles. The Balaban J connectivity index is 2.72. The number of anilines is 1. The topological polar surface area (TPSA) is 58.2 Å². The van der Waals surface area contributed by atoms with Gasteiger partial charge in [-0.25, -0.2) is 0 Å². The van der Waals surface area contributed by atoms with Crippen molar-refractivity contribution in [3.05, 3.63) is 30.3 Å². The first-order valence-electron chi connectivity index (χ1n) is 7.23. The van der Waals surface area contributed by atoms with E-state index < -0.39 is 6.04 Å². The van der Waals surface area contributed by atoms with Crippen LogP contribution in [0.3, 0.4) is 0 Å². The van der Waals surface area contributed by atoms with Gasteiger partial charge in [-0.2, -0.15) is 0 Å². The van der Waals surface area contributed by atoms with E-state index in [4.69, 9.17) is 0 Å². The molecule has 0 spiro atoms. The van der Waals surface area contributed by atoms with E-state index in [-0.39, 0.29) is 17.7 Å². The summed E-state index contributed by atoms with van der Waals surface area (Å²) in [6, 6.07) is 8.80. The van der Waals surface area contributed by atoms with Gasteiger partial charge in [0.25, 0.3) is 0 Å². The molecule has 0 saturated heterocycles. The van der Waals surface area contributed by atoms with Gasteiger partial charge in [-0.15, -0.1) is 0 Å². The van der Waals surface area contributed by atoms with Gasteiger partial charge in [0.05, 0.1) is 0 Å². The average Bonchev–Trinajstić information content (AvgIpc) is 2.45. The smallest absolute Gasteiger partial charge is 0.247 e. The van der Waals surface area contributed by atoms with Crippen LogP contribution >= 0.6 is 0 Å². The standard InChI is InChI=1S/C16H24N2O2/c1-4-9-14(19)18-15(12(3)5-2)16(20)17-13-10-7-6-8-11-13/h6-8,10-12,15H,4-5,9H2,1-3H3,(H,17,20)(H,18,19)/t12-,15-/m0/s1. The Morgan fingerprint density at radius 2 is 1.80 bits per heavy atom. The summed E-state index contributed by atoms with van der Waals surface area (Å²) in [7, 11) is 0. The van der Waals surface area contributed by atoms with E-state index in [0.717, 1.165) is 18.5 Å². The van der Waals surface area contributed by atoms with Crippen molar-refractivity contribution in [1.82, 2.24) is 5.32 Å². The summed E-state index contributed by atoms with van der Waals surface area (Å²) in [5.74, 6) is -0.129. The first kappa shape index (κ1) is 16.2. The third-order valence-electron chi connectivity index (χ3n) is 3.33. The van der Waals surface area contributed by atoms with E-state index in [1.807, 2.05) is 51.1 Å². The highest BCUT2D eigenvalue weighted by Gasteiger charge is 2.25. The van der Waals surface area contributed by atoms with Crippen molar-refractivity contribution < 1.29 is 9.59 Å². The number of nitrogens with one attached hydrogen (secondary N) is 2. The second-order valence-electron chi connectivity index (χ2n) is 5.04. The monoisotopic (exact) mass is 276 g/mol. The number of amides is 2. The summed E-state index contributed by atoms with van der Waals surface area (Å²) in [4.78, 5) is 24.1. The fourth-order valence-corrected chi connectivity index (χ4v) is 1.92. The molecular formula is C16H24N2O2. The summed E-state index contributed by atoms with van der Waals surface area (Å²) >= 11 is 0. The van der Waals surface area contributed by atoms with Crippen molar-refractivity contribution >= 4 is 17.5 Å². The molecule has 0 aromatic heterocycles. The van der Waals surface area contributed by atoms with Gasteiger partial charge < -0.3 is 10.6 Å². The van der Waals surface area contributed by atoms with Gasteiger partial charge in [-0.1, -0.05) is 45.4 Å². The van der Waals surface area contributed by atoms with Crippen LogP contribution in [0.25, 0.3) is 0 Å². The second-order valence-corrected chi connectivity index (χ2v) is 5.04. The summed E-state index contributed by atoms with van der Waals surface area (Å²) in [6.45, 7) is 5.93. The lowest BCUT2D eigenvalue weighted by Crippen LogP contribution is -2.47. The zero-order valence-electron chi connectivity index (χ0n) is 12.5. The van der Waals surface area contributed by atoms with Crippen LogP contribution in [0.1, 0.15) is 40.0 Å². The highest BCUT2D eigenvalue weighted by atomic mass is 16.2. The third-order valence-corrected chi connectivity index (χ3v) is 3.33. The van der Waals surface area contributed by atoms with E-state index in [0.29, 0.717) is 6.42 Å². The lowest BCUT2D eigenvalue weighted by Gasteiger charge is -2.23. The van der Waals surface area contributed by atoms with E-state index in [2.05, 4.69) is 10.6 Å². The molecule has 0 aliphatic rings. The minimum atomic E-state index is -0.487. The molecule has 2 atom stereocenters. The van der Waals surface area contributed by atoms with Crippen LogP contribution in [0.5, 0.6) is 0 Å². The highest BCUT2D eigenvalue weighted by Crippen LogP contribution is 2.12. The van der Waals surface area contributed by atoms with Crippen LogP contribution in [0.15, 0.2) is 30.3 Å². The number of hydrogen-bond donors (Lipinski definition) is 2. The molecular weight excluding hydrogens is 252 g/mol. The zero-order valence-corrected chi connectivity index (χ0v) is 12.5. The summed E-state index contributed by atoms with van der Waals surface area (Å²) < 4.78 is 0. The first-order chi connectivity index (χ1) is 9.58. The van der Waals surface area contributed by atoms with Crippen LogP contribution in [-0.2, 0) is 9.59 Å². The highest BCUT2D eigenvalue weighted by molar-refractivity contribution is 5.97. The number of carbonyl (C=O) groups is 2. The van der Waals surface area contributed by atoms with E-state index >= 15 is 0 Å². The molecule has 0 unspecified atom stereocenters. The van der Waals surface area contributed by atoms with E-state index in [1.54, 1.807) is 0 Å². The Bertz CT molecular complexity index is 431. The normalized spacial score (nSPS) is 13.3. The number of benzene rings is 1. The van der Waals surface area contributed by atoms with E-state index in [9.17, 15) is 9.59 Å². The zero-order chi connectivity index (χ0) is 15.0. The second kappa shape index (κ2) is 8.35. The minimum Gasteiger partial charge on any atom is -0.344 e. The molecule has 0 aliphatic carbocycles. The Hall–Kier alpha value is -1.84. The number of hydrogen-bond acceptors (Lipinski definition) is 2. The summed E-state index contributed by atoms with van der Waals surface area (Å²) in [6.07, 6.45) is 2.06. The SMILES string of the molecule is CCCC(=O)N[C@H](C(=O)Nc1ccccc1)[C@@H](C)CC. The van der Waals surface area contributed by atoms with Gasteiger partial charge in [0.2, 0.25) is 11.8 Å². The molecule has 4 nitrogen and oxygen atoms in total. The maximum atomic E-state index is 12.3. The van der Waals surface area contributed by atoms with Crippen molar-refractivity contribution in [2.45, 2.75) is 46.1 Å². The summed E-state index contributed by atoms with van der Waals surface area (Å²) in [5.41, 5.74) is 0.746. The molecule has 1 rings (SSSR count). The van der Waals surface area contributed by atoms with Gasteiger partial charge in [0.15, 0.2) is 0 Å². The number of para-hydroxylation sites is 1. The van der Waals surface area contributed by atoms with Gasteiger partial charge in [0, 0.05) is 12.1 Å². The predicted molar refractivity (Wildman–Crippen MR) is 81.4 cm³/mol. The van der Waals surface area contributed by atoms with Gasteiger partial charge >= 0.3 is 0 Å².